The fourth-order valence-corrected chi connectivity index (χ4v) is 4.24. The first-order valence-corrected chi connectivity index (χ1v) is 8.38. The predicted molar refractivity (Wildman–Crippen MR) is 72.4 cm³/mol. The minimum absolute atomic E-state index is 0.265. The molecule has 2 heterocycles. The van der Waals surface area contributed by atoms with E-state index in [0.29, 0.717) is 6.54 Å². The zero-order chi connectivity index (χ0) is 13.0. The molecule has 3 N–H and O–H groups in total. The minimum Gasteiger partial charge on any atom is -0.330 e. The standard InChI is InChI=1S/C9H12N4O2S3/c10-5-1-3-7-11-12-9(17-7)13-18(14,15)8-4-2-6-16-8/h2,4,6H,1,3,5,10H2,(H,12,13). The number of aryl methyl sites for hydroxylation is 1. The first-order chi connectivity index (χ1) is 8.62. The summed E-state index contributed by atoms with van der Waals surface area (Å²) in [4.78, 5) is 0. The molecule has 2 aromatic rings. The van der Waals surface area contributed by atoms with Crippen LogP contribution >= 0.6 is 22.7 Å². The number of hydrogen-bond donors (Lipinski definition) is 2. The molecule has 0 saturated carbocycles. The molecular weight excluding hydrogens is 292 g/mol. The molecule has 9 heteroatoms. The SMILES string of the molecule is NCCCc1nnc(NS(=O)(=O)c2cccs2)s1. The molecule has 98 valence electrons. The fourth-order valence-electron chi connectivity index (χ4n) is 1.23. The molecule has 18 heavy (non-hydrogen) atoms. The van der Waals surface area contributed by atoms with Gasteiger partial charge < -0.3 is 5.73 Å². The van der Waals surface area contributed by atoms with E-state index in [1.807, 2.05) is 0 Å². The Hall–Kier alpha value is -1.03. The van der Waals surface area contributed by atoms with Crippen molar-refractivity contribution in [2.75, 3.05) is 11.3 Å². The van der Waals surface area contributed by atoms with Crippen molar-refractivity contribution in [1.82, 2.24) is 10.2 Å². The van der Waals surface area contributed by atoms with Gasteiger partial charge in [-0.1, -0.05) is 17.4 Å². The highest BCUT2D eigenvalue weighted by atomic mass is 32.2. The Labute approximate surface area is 113 Å². The van der Waals surface area contributed by atoms with Crippen LogP contribution in [0.15, 0.2) is 21.7 Å². The van der Waals surface area contributed by atoms with Crippen molar-refractivity contribution in [3.05, 3.63) is 22.5 Å². The summed E-state index contributed by atoms with van der Waals surface area (Å²) in [5.41, 5.74) is 5.40. The predicted octanol–water partition coefficient (Wildman–Crippen LogP) is 1.29. The van der Waals surface area contributed by atoms with Crippen LogP contribution in [0, 0.1) is 0 Å². The van der Waals surface area contributed by atoms with Gasteiger partial charge in [-0.3, -0.25) is 4.72 Å². The van der Waals surface area contributed by atoms with Gasteiger partial charge in [-0.25, -0.2) is 8.42 Å². The molecule has 0 bridgehead atoms. The Morgan fingerprint density at radius 2 is 2.22 bits per heavy atom. The molecule has 0 aliphatic carbocycles. The van der Waals surface area contributed by atoms with Crippen LogP contribution in [-0.4, -0.2) is 25.2 Å². The Bertz CT molecular complexity index is 591. The summed E-state index contributed by atoms with van der Waals surface area (Å²) in [5, 5.41) is 10.5. The van der Waals surface area contributed by atoms with Crippen LogP contribution in [0.25, 0.3) is 0 Å². The molecule has 6 nitrogen and oxygen atoms in total. The summed E-state index contributed by atoms with van der Waals surface area (Å²) in [5.74, 6) is 0. The highest BCUT2D eigenvalue weighted by molar-refractivity contribution is 7.94. The third kappa shape index (κ3) is 3.25. The molecular formula is C9H12N4O2S3. The number of sulfonamides is 1. The third-order valence-corrected chi connectivity index (χ3v) is 5.81. The van der Waals surface area contributed by atoms with Gasteiger partial charge in [0.25, 0.3) is 10.0 Å². The number of nitrogens with one attached hydrogen (secondary N) is 1. The molecule has 2 aromatic heterocycles. The van der Waals surface area contributed by atoms with E-state index in [2.05, 4.69) is 14.9 Å². The molecule has 0 aliphatic rings. The van der Waals surface area contributed by atoms with Gasteiger partial charge in [-0.15, -0.1) is 21.5 Å². The van der Waals surface area contributed by atoms with E-state index in [-0.39, 0.29) is 9.34 Å². The second-order valence-corrected chi connectivity index (χ2v) is 7.35. The van der Waals surface area contributed by atoms with Gasteiger partial charge in [0.1, 0.15) is 9.22 Å². The number of hydrogen-bond acceptors (Lipinski definition) is 7. The van der Waals surface area contributed by atoms with E-state index in [4.69, 9.17) is 5.73 Å². The van der Waals surface area contributed by atoms with Crippen molar-refractivity contribution >= 4 is 37.8 Å². The summed E-state index contributed by atoms with van der Waals surface area (Å²) in [6.45, 7) is 0.579. The molecule has 0 aliphatic heterocycles. The Morgan fingerprint density at radius 1 is 1.39 bits per heavy atom. The van der Waals surface area contributed by atoms with E-state index < -0.39 is 10.0 Å². The number of thiophene rings is 1. The zero-order valence-corrected chi connectivity index (χ0v) is 11.8. The monoisotopic (exact) mass is 304 g/mol. The van der Waals surface area contributed by atoms with Gasteiger partial charge in [0.2, 0.25) is 5.13 Å². The van der Waals surface area contributed by atoms with Crippen LogP contribution < -0.4 is 10.5 Å². The first kappa shape index (κ1) is 13.4. The molecule has 0 radical (unpaired) electrons. The largest absolute Gasteiger partial charge is 0.330 e. The Balaban J connectivity index is 2.08. The second-order valence-electron chi connectivity index (χ2n) is 3.43. The molecule has 0 fully saturated rings. The van der Waals surface area contributed by atoms with Crippen LogP contribution in [0.2, 0.25) is 0 Å². The summed E-state index contributed by atoms with van der Waals surface area (Å²) >= 11 is 2.39. The van der Waals surface area contributed by atoms with Crippen molar-refractivity contribution in [3.63, 3.8) is 0 Å². The van der Waals surface area contributed by atoms with Crippen LogP contribution in [0.5, 0.6) is 0 Å². The maximum atomic E-state index is 11.9. The van der Waals surface area contributed by atoms with Gasteiger partial charge in [0.05, 0.1) is 0 Å². The summed E-state index contributed by atoms with van der Waals surface area (Å²) in [7, 11) is -3.53. The molecule has 0 aromatic carbocycles. The van der Waals surface area contributed by atoms with E-state index in [1.165, 1.54) is 11.3 Å². The van der Waals surface area contributed by atoms with Gasteiger partial charge in [0, 0.05) is 6.42 Å². The molecule has 2 rings (SSSR count). The summed E-state index contributed by atoms with van der Waals surface area (Å²) < 4.78 is 26.5. The molecule has 0 spiro atoms. The van der Waals surface area contributed by atoms with E-state index >= 15 is 0 Å². The maximum absolute atomic E-state index is 11.9. The van der Waals surface area contributed by atoms with Crippen LogP contribution in [0.3, 0.4) is 0 Å². The Morgan fingerprint density at radius 3 is 2.89 bits per heavy atom. The molecule has 0 saturated heterocycles. The van der Waals surface area contributed by atoms with Crippen molar-refractivity contribution in [3.8, 4) is 0 Å². The van der Waals surface area contributed by atoms with E-state index in [1.54, 1.807) is 17.5 Å². The third-order valence-electron chi connectivity index (χ3n) is 2.04. The van der Waals surface area contributed by atoms with Crippen molar-refractivity contribution in [2.45, 2.75) is 17.1 Å². The highest BCUT2D eigenvalue weighted by Gasteiger charge is 2.17. The number of nitrogens with two attached hydrogens (primary N) is 1. The van der Waals surface area contributed by atoms with Crippen molar-refractivity contribution in [1.29, 1.82) is 0 Å². The van der Waals surface area contributed by atoms with Crippen LogP contribution in [0.4, 0.5) is 5.13 Å². The molecule has 0 amide bonds. The van der Waals surface area contributed by atoms with Crippen molar-refractivity contribution in [2.24, 2.45) is 5.73 Å². The number of nitrogens with zero attached hydrogens (tertiary/aromatic N) is 2. The molecule has 0 atom stereocenters. The number of anilines is 1. The lowest BCUT2D eigenvalue weighted by molar-refractivity contribution is 0.603. The zero-order valence-electron chi connectivity index (χ0n) is 9.37. The van der Waals surface area contributed by atoms with E-state index in [0.717, 1.165) is 29.2 Å². The highest BCUT2D eigenvalue weighted by Crippen LogP contribution is 2.22. The summed E-state index contributed by atoms with van der Waals surface area (Å²) in [6, 6.07) is 3.23. The lowest BCUT2D eigenvalue weighted by Crippen LogP contribution is -2.11. The number of rotatable bonds is 6. The molecule has 0 unspecified atom stereocenters. The second kappa shape index (κ2) is 5.74. The minimum atomic E-state index is -3.53. The fraction of sp³-hybridized carbons (Fsp3) is 0.333. The van der Waals surface area contributed by atoms with Crippen molar-refractivity contribution < 1.29 is 8.42 Å². The van der Waals surface area contributed by atoms with Gasteiger partial charge in [0.15, 0.2) is 0 Å². The lowest BCUT2D eigenvalue weighted by atomic mass is 10.3. The van der Waals surface area contributed by atoms with Crippen LogP contribution in [0.1, 0.15) is 11.4 Å². The average Bonchev–Trinajstić information content (AvgIpc) is 2.96. The smallest absolute Gasteiger partial charge is 0.273 e. The normalized spacial score (nSPS) is 11.6. The number of aromatic nitrogens is 2. The topological polar surface area (TPSA) is 98.0 Å². The maximum Gasteiger partial charge on any atom is 0.273 e. The van der Waals surface area contributed by atoms with Gasteiger partial charge in [-0.05, 0) is 24.4 Å². The van der Waals surface area contributed by atoms with Crippen LogP contribution in [-0.2, 0) is 16.4 Å². The van der Waals surface area contributed by atoms with E-state index in [9.17, 15) is 8.42 Å². The van der Waals surface area contributed by atoms with Gasteiger partial charge >= 0.3 is 0 Å². The quantitative estimate of drug-likeness (QED) is 0.838. The Kier molecular flexibility index (Phi) is 4.27. The first-order valence-electron chi connectivity index (χ1n) is 5.20. The summed E-state index contributed by atoms with van der Waals surface area (Å²) in [6.07, 6.45) is 1.53. The van der Waals surface area contributed by atoms with Gasteiger partial charge in [-0.2, -0.15) is 0 Å². The lowest BCUT2D eigenvalue weighted by Gasteiger charge is -2.00. The average molecular weight is 304 g/mol.